The highest BCUT2D eigenvalue weighted by Crippen LogP contribution is 2.27. The molecule has 0 aliphatic carbocycles. The summed E-state index contributed by atoms with van der Waals surface area (Å²) < 4.78 is 5.80. The molecule has 0 spiro atoms. The number of hydrogen-bond donors (Lipinski definition) is 1. The van der Waals surface area contributed by atoms with Crippen LogP contribution in [-0.4, -0.2) is 11.7 Å². The van der Waals surface area contributed by atoms with Crippen LogP contribution in [0.4, 0.5) is 0 Å². The van der Waals surface area contributed by atoms with Crippen molar-refractivity contribution in [1.29, 1.82) is 0 Å². The summed E-state index contributed by atoms with van der Waals surface area (Å²) in [6.45, 7) is 9.40. The summed E-state index contributed by atoms with van der Waals surface area (Å²) in [5, 5.41) is 9.92. The maximum Gasteiger partial charge on any atom is 0.125 e. The summed E-state index contributed by atoms with van der Waals surface area (Å²) in [5.74, 6) is 0.820. The molecule has 0 fully saturated rings. The van der Waals surface area contributed by atoms with Crippen LogP contribution < -0.4 is 4.74 Å². The molecule has 0 heterocycles. The van der Waals surface area contributed by atoms with Gasteiger partial charge in [-0.2, -0.15) is 0 Å². The quantitative estimate of drug-likeness (QED) is 0.761. The van der Waals surface area contributed by atoms with E-state index < -0.39 is 6.10 Å². The lowest BCUT2D eigenvalue weighted by Crippen LogP contribution is -2.09. The van der Waals surface area contributed by atoms with Crippen molar-refractivity contribution < 1.29 is 9.84 Å². The Morgan fingerprint density at radius 1 is 1.22 bits per heavy atom. The molecule has 0 amide bonds. The molecule has 0 radical (unpaired) electrons. The van der Waals surface area contributed by atoms with E-state index in [4.69, 9.17) is 4.74 Å². The highest BCUT2D eigenvalue weighted by Gasteiger charge is 2.12. The van der Waals surface area contributed by atoms with Crippen molar-refractivity contribution in [2.75, 3.05) is 6.61 Å². The molecule has 102 valence electrons. The molecule has 2 nitrogen and oxygen atoms in total. The SMILES string of the molecule is CC[C@H](O)c1ccccc1OCCCC(C)(C)C. The average molecular weight is 250 g/mol. The maximum absolute atomic E-state index is 9.92. The van der Waals surface area contributed by atoms with Crippen LogP contribution in [0, 0.1) is 5.41 Å². The second kappa shape index (κ2) is 6.79. The molecule has 1 atom stereocenters. The standard InChI is InChI=1S/C16H26O2/c1-5-14(17)13-9-6-7-10-15(13)18-12-8-11-16(2,3)4/h6-7,9-10,14,17H,5,8,11-12H2,1-4H3/t14-/m0/s1. The lowest BCUT2D eigenvalue weighted by Gasteiger charge is -2.19. The Morgan fingerprint density at radius 2 is 1.89 bits per heavy atom. The molecule has 1 rings (SSSR count). The number of rotatable bonds is 6. The molecule has 0 unspecified atom stereocenters. The van der Waals surface area contributed by atoms with E-state index in [-0.39, 0.29) is 0 Å². The molecular weight excluding hydrogens is 224 g/mol. The van der Waals surface area contributed by atoms with Crippen molar-refractivity contribution in [2.24, 2.45) is 5.41 Å². The Morgan fingerprint density at radius 3 is 2.50 bits per heavy atom. The zero-order valence-electron chi connectivity index (χ0n) is 12.1. The predicted octanol–water partition coefficient (Wildman–Crippen LogP) is 4.34. The molecule has 0 saturated heterocycles. The highest BCUT2D eigenvalue weighted by molar-refractivity contribution is 5.34. The van der Waals surface area contributed by atoms with Gasteiger partial charge in [0.15, 0.2) is 0 Å². The van der Waals surface area contributed by atoms with Crippen molar-refractivity contribution in [3.05, 3.63) is 29.8 Å². The van der Waals surface area contributed by atoms with Gasteiger partial charge in [-0.05, 0) is 30.7 Å². The number of para-hydroxylation sites is 1. The monoisotopic (exact) mass is 250 g/mol. The largest absolute Gasteiger partial charge is 0.493 e. The van der Waals surface area contributed by atoms with Gasteiger partial charge in [0.1, 0.15) is 5.75 Å². The van der Waals surface area contributed by atoms with Crippen molar-refractivity contribution in [3.8, 4) is 5.75 Å². The van der Waals surface area contributed by atoms with Crippen LogP contribution in [0.25, 0.3) is 0 Å². The molecule has 1 aromatic carbocycles. The van der Waals surface area contributed by atoms with Crippen LogP contribution in [0.15, 0.2) is 24.3 Å². The van der Waals surface area contributed by atoms with E-state index in [0.29, 0.717) is 18.4 Å². The average Bonchev–Trinajstić information content (AvgIpc) is 2.33. The summed E-state index contributed by atoms with van der Waals surface area (Å²) in [4.78, 5) is 0. The van der Waals surface area contributed by atoms with Crippen LogP contribution in [-0.2, 0) is 0 Å². The van der Waals surface area contributed by atoms with Gasteiger partial charge in [0, 0.05) is 5.56 Å². The van der Waals surface area contributed by atoms with Gasteiger partial charge in [-0.15, -0.1) is 0 Å². The third-order valence-corrected chi connectivity index (χ3v) is 2.99. The summed E-state index contributed by atoms with van der Waals surface area (Å²) in [6, 6.07) is 7.76. The minimum atomic E-state index is -0.427. The lowest BCUT2D eigenvalue weighted by atomic mass is 9.91. The van der Waals surface area contributed by atoms with Crippen LogP contribution in [0.5, 0.6) is 5.75 Å². The van der Waals surface area contributed by atoms with E-state index in [1.54, 1.807) is 0 Å². The van der Waals surface area contributed by atoms with Crippen molar-refractivity contribution in [2.45, 2.75) is 53.1 Å². The van der Waals surface area contributed by atoms with E-state index in [1.165, 1.54) is 0 Å². The van der Waals surface area contributed by atoms with Gasteiger partial charge in [-0.3, -0.25) is 0 Å². The molecule has 0 aromatic heterocycles. The molecule has 0 bridgehead atoms. The maximum atomic E-state index is 9.92. The number of ether oxygens (including phenoxy) is 1. The minimum Gasteiger partial charge on any atom is -0.493 e. The van der Waals surface area contributed by atoms with E-state index in [9.17, 15) is 5.11 Å². The first-order valence-electron chi connectivity index (χ1n) is 6.84. The summed E-state index contributed by atoms with van der Waals surface area (Å²) in [7, 11) is 0. The first-order valence-corrected chi connectivity index (χ1v) is 6.84. The third-order valence-electron chi connectivity index (χ3n) is 2.99. The molecule has 18 heavy (non-hydrogen) atoms. The van der Waals surface area contributed by atoms with Crippen LogP contribution >= 0.6 is 0 Å². The van der Waals surface area contributed by atoms with Gasteiger partial charge < -0.3 is 9.84 Å². The molecule has 1 N–H and O–H groups in total. The Hall–Kier alpha value is -1.02. The van der Waals surface area contributed by atoms with Crippen molar-refractivity contribution >= 4 is 0 Å². The minimum absolute atomic E-state index is 0.353. The smallest absolute Gasteiger partial charge is 0.125 e. The summed E-state index contributed by atoms with van der Waals surface area (Å²) in [6.07, 6.45) is 2.47. The fourth-order valence-corrected chi connectivity index (χ4v) is 1.89. The van der Waals surface area contributed by atoms with E-state index in [2.05, 4.69) is 20.8 Å². The van der Waals surface area contributed by atoms with Gasteiger partial charge in [-0.25, -0.2) is 0 Å². The Labute approximate surface area is 111 Å². The second-order valence-corrected chi connectivity index (χ2v) is 5.97. The van der Waals surface area contributed by atoms with Gasteiger partial charge >= 0.3 is 0 Å². The number of hydrogen-bond acceptors (Lipinski definition) is 2. The third kappa shape index (κ3) is 5.09. The number of aliphatic hydroxyl groups excluding tert-OH is 1. The number of benzene rings is 1. The van der Waals surface area contributed by atoms with Crippen LogP contribution in [0.2, 0.25) is 0 Å². The summed E-state index contributed by atoms with van der Waals surface area (Å²) >= 11 is 0. The number of aliphatic hydroxyl groups is 1. The Balaban J connectivity index is 2.52. The van der Waals surface area contributed by atoms with Crippen molar-refractivity contribution in [1.82, 2.24) is 0 Å². The van der Waals surface area contributed by atoms with Gasteiger partial charge in [0.05, 0.1) is 12.7 Å². The molecular formula is C16H26O2. The second-order valence-electron chi connectivity index (χ2n) is 5.97. The van der Waals surface area contributed by atoms with Gasteiger partial charge in [0.25, 0.3) is 0 Å². The zero-order chi connectivity index (χ0) is 13.6. The fourth-order valence-electron chi connectivity index (χ4n) is 1.89. The van der Waals surface area contributed by atoms with Gasteiger partial charge in [-0.1, -0.05) is 45.9 Å². The first kappa shape index (κ1) is 15.0. The topological polar surface area (TPSA) is 29.5 Å². The van der Waals surface area contributed by atoms with E-state index in [1.807, 2.05) is 31.2 Å². The molecule has 0 saturated carbocycles. The normalized spacial score (nSPS) is 13.4. The molecule has 1 aromatic rings. The van der Waals surface area contributed by atoms with E-state index in [0.717, 1.165) is 24.2 Å². The van der Waals surface area contributed by atoms with Crippen molar-refractivity contribution in [3.63, 3.8) is 0 Å². The molecule has 2 heteroatoms. The predicted molar refractivity (Wildman–Crippen MR) is 75.9 cm³/mol. The highest BCUT2D eigenvalue weighted by atomic mass is 16.5. The van der Waals surface area contributed by atoms with Crippen LogP contribution in [0.3, 0.4) is 0 Å². The molecule has 0 aliphatic rings. The Kier molecular flexibility index (Phi) is 5.67. The lowest BCUT2D eigenvalue weighted by molar-refractivity contribution is 0.166. The Bertz CT molecular complexity index is 352. The first-order chi connectivity index (χ1) is 8.44. The fraction of sp³-hybridized carbons (Fsp3) is 0.625. The molecule has 0 aliphatic heterocycles. The van der Waals surface area contributed by atoms with Crippen LogP contribution in [0.1, 0.15) is 58.6 Å². The van der Waals surface area contributed by atoms with E-state index >= 15 is 0 Å². The van der Waals surface area contributed by atoms with Gasteiger partial charge in [0.2, 0.25) is 0 Å². The zero-order valence-corrected chi connectivity index (χ0v) is 12.1. The summed E-state index contributed by atoms with van der Waals surface area (Å²) in [5.41, 5.74) is 1.25.